The molecule has 0 atom stereocenters. The van der Waals surface area contributed by atoms with Gasteiger partial charge in [0.25, 0.3) is 5.56 Å². The molecule has 3 heteroatoms. The number of nitrogens with zero attached hydrogens (tertiary/aromatic N) is 1. The highest BCUT2D eigenvalue weighted by atomic mass is 16.1. The summed E-state index contributed by atoms with van der Waals surface area (Å²) >= 11 is 0. The Hall–Kier alpha value is -1.38. The molecule has 1 aromatic heterocycles. The molecule has 0 radical (unpaired) electrons. The van der Waals surface area contributed by atoms with E-state index in [2.05, 4.69) is 0 Å². The fraction of sp³-hybridized carbons (Fsp3) is 0.455. The summed E-state index contributed by atoms with van der Waals surface area (Å²) in [5, 5.41) is 0. The fourth-order valence-corrected chi connectivity index (χ4v) is 1.59. The molecular weight excluding hydrogens is 178 g/mol. The first-order valence-corrected chi connectivity index (χ1v) is 4.67. The Morgan fingerprint density at radius 2 is 1.93 bits per heavy atom. The highest BCUT2D eigenvalue weighted by Crippen LogP contribution is 2.10. The van der Waals surface area contributed by atoms with Gasteiger partial charge in [-0.15, -0.1) is 0 Å². The molecule has 0 saturated carbocycles. The molecule has 1 heterocycles. The molecule has 14 heavy (non-hydrogen) atoms. The number of aryl methyl sites for hydroxylation is 1. The third kappa shape index (κ3) is 1.62. The number of hydrogen-bond acceptors (Lipinski definition) is 2. The van der Waals surface area contributed by atoms with E-state index in [-0.39, 0.29) is 17.2 Å². The van der Waals surface area contributed by atoms with E-state index in [0.29, 0.717) is 6.29 Å². The normalized spacial score (nSPS) is 10.6. The third-order valence-corrected chi connectivity index (χ3v) is 2.41. The molecule has 0 aliphatic rings. The molecule has 0 N–H and O–H groups in total. The van der Waals surface area contributed by atoms with Gasteiger partial charge in [-0.2, -0.15) is 0 Å². The smallest absolute Gasteiger partial charge is 0.261 e. The van der Waals surface area contributed by atoms with Crippen LogP contribution in [0.4, 0.5) is 0 Å². The number of carbonyl (C=O) groups is 1. The maximum absolute atomic E-state index is 11.7. The van der Waals surface area contributed by atoms with Crippen molar-refractivity contribution in [2.45, 2.75) is 33.7 Å². The topological polar surface area (TPSA) is 39.1 Å². The number of aromatic nitrogens is 1. The minimum absolute atomic E-state index is 0.0844. The van der Waals surface area contributed by atoms with Gasteiger partial charge in [0.05, 0.1) is 5.56 Å². The molecule has 0 aliphatic carbocycles. The third-order valence-electron chi connectivity index (χ3n) is 2.41. The molecule has 0 unspecified atom stereocenters. The van der Waals surface area contributed by atoms with Gasteiger partial charge in [0.2, 0.25) is 0 Å². The van der Waals surface area contributed by atoms with Crippen LogP contribution in [0.15, 0.2) is 10.9 Å². The molecule has 3 nitrogen and oxygen atoms in total. The lowest BCUT2D eigenvalue weighted by molar-refractivity contribution is 0.112. The average Bonchev–Trinajstić information content (AvgIpc) is 2.11. The van der Waals surface area contributed by atoms with Crippen LogP contribution in [-0.2, 0) is 0 Å². The summed E-state index contributed by atoms with van der Waals surface area (Å²) in [5.41, 5.74) is 1.94. The van der Waals surface area contributed by atoms with Crippen LogP contribution in [0.5, 0.6) is 0 Å². The minimum atomic E-state index is -0.196. The number of hydrogen-bond donors (Lipinski definition) is 0. The molecule has 0 aromatic carbocycles. The molecular formula is C11H15NO2. The van der Waals surface area contributed by atoms with Crippen LogP contribution in [0, 0.1) is 13.8 Å². The number of carbonyl (C=O) groups excluding carboxylic acids is 1. The van der Waals surface area contributed by atoms with E-state index in [1.54, 1.807) is 10.6 Å². The van der Waals surface area contributed by atoms with Crippen LogP contribution in [0.3, 0.4) is 0 Å². The monoisotopic (exact) mass is 193 g/mol. The van der Waals surface area contributed by atoms with Crippen LogP contribution in [-0.4, -0.2) is 10.9 Å². The van der Waals surface area contributed by atoms with Crippen LogP contribution in [0.1, 0.15) is 41.5 Å². The minimum Gasteiger partial charge on any atom is -0.310 e. The van der Waals surface area contributed by atoms with E-state index in [0.717, 1.165) is 11.3 Å². The van der Waals surface area contributed by atoms with E-state index < -0.39 is 0 Å². The summed E-state index contributed by atoms with van der Waals surface area (Å²) in [4.78, 5) is 22.4. The first kappa shape index (κ1) is 10.7. The average molecular weight is 193 g/mol. The molecule has 0 saturated heterocycles. The zero-order valence-electron chi connectivity index (χ0n) is 9.00. The fourth-order valence-electron chi connectivity index (χ4n) is 1.59. The maximum atomic E-state index is 11.7. The van der Waals surface area contributed by atoms with Crippen LogP contribution >= 0.6 is 0 Å². The predicted molar refractivity (Wildman–Crippen MR) is 55.9 cm³/mol. The van der Waals surface area contributed by atoms with Crippen molar-refractivity contribution in [1.29, 1.82) is 0 Å². The largest absolute Gasteiger partial charge is 0.310 e. The van der Waals surface area contributed by atoms with Gasteiger partial charge in [-0.3, -0.25) is 9.59 Å². The highest BCUT2D eigenvalue weighted by Gasteiger charge is 2.10. The number of rotatable bonds is 2. The van der Waals surface area contributed by atoms with Crippen molar-refractivity contribution >= 4 is 6.29 Å². The Labute approximate surface area is 83.4 Å². The zero-order chi connectivity index (χ0) is 10.9. The van der Waals surface area contributed by atoms with Crippen molar-refractivity contribution in [3.63, 3.8) is 0 Å². The van der Waals surface area contributed by atoms with Crippen molar-refractivity contribution in [2.24, 2.45) is 0 Å². The van der Waals surface area contributed by atoms with E-state index in [1.165, 1.54) is 0 Å². The second kappa shape index (κ2) is 3.78. The van der Waals surface area contributed by atoms with Crippen LogP contribution < -0.4 is 5.56 Å². The molecule has 1 rings (SSSR count). The van der Waals surface area contributed by atoms with Gasteiger partial charge < -0.3 is 4.57 Å². The number of aldehydes is 1. The second-order valence-corrected chi connectivity index (χ2v) is 3.75. The van der Waals surface area contributed by atoms with Crippen LogP contribution in [0.25, 0.3) is 0 Å². The van der Waals surface area contributed by atoms with E-state index in [9.17, 15) is 9.59 Å². The quantitative estimate of drug-likeness (QED) is 0.672. The lowest BCUT2D eigenvalue weighted by Crippen LogP contribution is -2.27. The predicted octanol–water partition coefficient (Wildman–Crippen LogP) is 1.86. The first-order chi connectivity index (χ1) is 6.49. The molecule has 0 spiro atoms. The van der Waals surface area contributed by atoms with E-state index in [1.807, 2.05) is 27.7 Å². The highest BCUT2D eigenvalue weighted by molar-refractivity contribution is 5.74. The van der Waals surface area contributed by atoms with Gasteiger partial charge in [-0.05, 0) is 39.3 Å². The molecule has 76 valence electrons. The van der Waals surface area contributed by atoms with Gasteiger partial charge in [0.15, 0.2) is 6.29 Å². The van der Waals surface area contributed by atoms with Gasteiger partial charge in [-0.25, -0.2) is 0 Å². The Bertz CT molecular complexity index is 416. The summed E-state index contributed by atoms with van der Waals surface area (Å²) in [6.45, 7) is 7.66. The van der Waals surface area contributed by atoms with Crippen LogP contribution in [0.2, 0.25) is 0 Å². The van der Waals surface area contributed by atoms with Gasteiger partial charge in [0, 0.05) is 11.7 Å². The standard InChI is InChI=1S/C11H15NO2/c1-7(2)12-9(4)8(3)5-10(6-13)11(12)14/h5-7H,1-4H3. The Morgan fingerprint density at radius 3 is 2.36 bits per heavy atom. The zero-order valence-corrected chi connectivity index (χ0v) is 9.00. The molecule has 0 amide bonds. The first-order valence-electron chi connectivity index (χ1n) is 4.67. The lowest BCUT2D eigenvalue weighted by atomic mass is 10.1. The summed E-state index contributed by atoms with van der Waals surface area (Å²) < 4.78 is 1.65. The summed E-state index contributed by atoms with van der Waals surface area (Å²) in [7, 11) is 0. The van der Waals surface area contributed by atoms with Gasteiger partial charge in [0.1, 0.15) is 0 Å². The SMILES string of the molecule is Cc1cc(C=O)c(=O)n(C(C)C)c1C. The summed E-state index contributed by atoms with van der Waals surface area (Å²) in [6.07, 6.45) is 0.619. The van der Waals surface area contributed by atoms with Gasteiger partial charge in [-0.1, -0.05) is 0 Å². The van der Waals surface area contributed by atoms with Crippen molar-refractivity contribution in [3.8, 4) is 0 Å². The Morgan fingerprint density at radius 1 is 1.36 bits per heavy atom. The van der Waals surface area contributed by atoms with Crippen molar-refractivity contribution in [1.82, 2.24) is 4.57 Å². The Kier molecular flexibility index (Phi) is 2.89. The molecule has 1 aromatic rings. The van der Waals surface area contributed by atoms with E-state index in [4.69, 9.17) is 0 Å². The molecule has 0 aliphatic heterocycles. The Balaban J connectivity index is 3.61. The van der Waals surface area contributed by atoms with E-state index >= 15 is 0 Å². The van der Waals surface area contributed by atoms with Crippen molar-refractivity contribution in [2.75, 3.05) is 0 Å². The van der Waals surface area contributed by atoms with Crippen molar-refractivity contribution < 1.29 is 4.79 Å². The summed E-state index contributed by atoms with van der Waals surface area (Å²) in [5.74, 6) is 0. The molecule has 0 fully saturated rings. The second-order valence-electron chi connectivity index (χ2n) is 3.75. The van der Waals surface area contributed by atoms with Gasteiger partial charge >= 0.3 is 0 Å². The molecule has 0 bridgehead atoms. The summed E-state index contributed by atoms with van der Waals surface area (Å²) in [6, 6.07) is 1.73. The maximum Gasteiger partial charge on any atom is 0.261 e. The number of pyridine rings is 1. The van der Waals surface area contributed by atoms with Crippen molar-refractivity contribution in [3.05, 3.63) is 33.2 Å². The lowest BCUT2D eigenvalue weighted by Gasteiger charge is -2.16.